The van der Waals surface area contributed by atoms with E-state index in [2.05, 4.69) is 31.0 Å². The summed E-state index contributed by atoms with van der Waals surface area (Å²) < 4.78 is 13.4. The van der Waals surface area contributed by atoms with Crippen LogP contribution in [0.3, 0.4) is 0 Å². The number of benzene rings is 1. The molecule has 0 radical (unpaired) electrons. The molecule has 0 amide bonds. The number of hydrogen-bond donors (Lipinski definition) is 0. The Hall–Kier alpha value is -2.20. The second-order valence-electron chi connectivity index (χ2n) is 6.84. The Morgan fingerprint density at radius 1 is 1.20 bits per heavy atom. The maximum Gasteiger partial charge on any atom is 0.237 e. The molecule has 1 fully saturated rings. The van der Waals surface area contributed by atoms with E-state index in [0.29, 0.717) is 22.5 Å². The maximum atomic E-state index is 5.95. The summed E-state index contributed by atoms with van der Waals surface area (Å²) in [6, 6.07) is 11.4. The Morgan fingerprint density at radius 3 is 2.87 bits per heavy atom. The summed E-state index contributed by atoms with van der Waals surface area (Å²) in [5.74, 6) is 2.46. The average molecular weight is 460 g/mol. The van der Waals surface area contributed by atoms with Crippen molar-refractivity contribution in [1.29, 1.82) is 0 Å². The molecule has 4 aromatic rings. The standard InChI is InChI=1S/C20H18ClN5O2S2/c21-14-7-5-13(6-8-14)18-22-17(28-25-18)12-30-20-24-23-19(16-4-2-10-29-16)26(20)11-15-3-1-9-27-15/h2,4-8,10,15H,1,3,9,11-12H2/t15-/m0/s1. The molecule has 5 rings (SSSR count). The van der Waals surface area contributed by atoms with Gasteiger partial charge in [-0.25, -0.2) is 0 Å². The first kappa shape index (κ1) is 19.7. The number of thiophene rings is 1. The Morgan fingerprint density at radius 2 is 2.10 bits per heavy atom. The van der Waals surface area contributed by atoms with E-state index in [9.17, 15) is 0 Å². The number of thioether (sulfide) groups is 1. The molecule has 1 aliphatic rings. The topological polar surface area (TPSA) is 78.9 Å². The third-order valence-electron chi connectivity index (χ3n) is 4.76. The number of halogens is 1. The molecule has 4 heterocycles. The van der Waals surface area contributed by atoms with Crippen molar-refractivity contribution in [3.05, 3.63) is 52.7 Å². The number of rotatable bonds is 7. The number of aromatic nitrogens is 5. The molecule has 0 unspecified atom stereocenters. The minimum atomic E-state index is 0.193. The summed E-state index contributed by atoms with van der Waals surface area (Å²) >= 11 is 9.13. The zero-order valence-electron chi connectivity index (χ0n) is 15.9. The van der Waals surface area contributed by atoms with Gasteiger partial charge in [-0.05, 0) is 48.6 Å². The highest BCUT2D eigenvalue weighted by molar-refractivity contribution is 7.98. The first-order valence-corrected chi connectivity index (χ1v) is 11.8. The van der Waals surface area contributed by atoms with E-state index >= 15 is 0 Å². The van der Waals surface area contributed by atoms with Crippen molar-refractivity contribution < 1.29 is 9.26 Å². The van der Waals surface area contributed by atoms with Crippen molar-refractivity contribution in [3.63, 3.8) is 0 Å². The summed E-state index contributed by atoms with van der Waals surface area (Å²) in [7, 11) is 0. The van der Waals surface area contributed by atoms with E-state index < -0.39 is 0 Å². The van der Waals surface area contributed by atoms with Crippen molar-refractivity contribution in [2.24, 2.45) is 0 Å². The van der Waals surface area contributed by atoms with Gasteiger partial charge in [-0.15, -0.1) is 21.5 Å². The molecular formula is C20H18ClN5O2S2. The molecule has 0 saturated carbocycles. The Balaban J connectivity index is 1.34. The predicted octanol–water partition coefficient (Wildman–Crippen LogP) is 5.18. The molecular weight excluding hydrogens is 442 g/mol. The SMILES string of the molecule is Clc1ccc(-c2noc(CSc3nnc(-c4cccs4)n3C[C@@H]3CCCO3)n2)cc1. The van der Waals surface area contributed by atoms with Crippen molar-refractivity contribution in [3.8, 4) is 22.1 Å². The van der Waals surface area contributed by atoms with Gasteiger partial charge in [0.05, 0.1) is 23.3 Å². The second kappa shape index (κ2) is 8.89. The molecule has 154 valence electrons. The summed E-state index contributed by atoms with van der Waals surface area (Å²) in [4.78, 5) is 5.59. The monoisotopic (exact) mass is 459 g/mol. The molecule has 7 nitrogen and oxygen atoms in total. The van der Waals surface area contributed by atoms with Gasteiger partial charge in [-0.1, -0.05) is 34.6 Å². The lowest BCUT2D eigenvalue weighted by atomic mass is 10.2. The van der Waals surface area contributed by atoms with Gasteiger partial charge in [0, 0.05) is 17.2 Å². The van der Waals surface area contributed by atoms with Crippen molar-refractivity contribution in [2.45, 2.75) is 36.4 Å². The number of hydrogen-bond acceptors (Lipinski definition) is 8. The molecule has 1 aromatic carbocycles. The van der Waals surface area contributed by atoms with Gasteiger partial charge in [-0.2, -0.15) is 4.98 Å². The van der Waals surface area contributed by atoms with Crippen LogP contribution < -0.4 is 0 Å². The smallest absolute Gasteiger partial charge is 0.237 e. The summed E-state index contributed by atoms with van der Waals surface area (Å²) in [6.07, 6.45) is 2.35. The zero-order chi connectivity index (χ0) is 20.3. The van der Waals surface area contributed by atoms with Gasteiger partial charge in [0.1, 0.15) is 0 Å². The van der Waals surface area contributed by atoms with Crippen molar-refractivity contribution in [1.82, 2.24) is 24.9 Å². The van der Waals surface area contributed by atoms with E-state index in [1.54, 1.807) is 23.5 Å². The van der Waals surface area contributed by atoms with Crippen molar-refractivity contribution in [2.75, 3.05) is 6.61 Å². The Kier molecular flexibility index (Phi) is 5.85. The fraction of sp³-hybridized carbons (Fsp3) is 0.300. The molecule has 1 atom stereocenters. The highest BCUT2D eigenvalue weighted by Gasteiger charge is 2.22. The maximum absolute atomic E-state index is 5.95. The quantitative estimate of drug-likeness (QED) is 0.352. The van der Waals surface area contributed by atoms with Crippen LogP contribution in [-0.4, -0.2) is 37.6 Å². The van der Waals surface area contributed by atoms with Crippen LogP contribution in [0.25, 0.3) is 22.1 Å². The van der Waals surface area contributed by atoms with Gasteiger partial charge in [0.2, 0.25) is 11.7 Å². The van der Waals surface area contributed by atoms with Crippen LogP contribution in [0.1, 0.15) is 18.7 Å². The van der Waals surface area contributed by atoms with Crippen molar-refractivity contribution >= 4 is 34.7 Å². The van der Waals surface area contributed by atoms with Crippen LogP contribution >= 0.6 is 34.7 Å². The summed E-state index contributed by atoms with van der Waals surface area (Å²) in [5.41, 5.74) is 0.862. The van der Waals surface area contributed by atoms with Gasteiger partial charge in [0.25, 0.3) is 0 Å². The first-order chi connectivity index (χ1) is 14.8. The summed E-state index contributed by atoms with van der Waals surface area (Å²) in [5, 5.41) is 16.5. The number of ether oxygens (including phenoxy) is 1. The van der Waals surface area contributed by atoms with E-state index in [4.69, 9.17) is 20.9 Å². The fourth-order valence-corrected chi connectivity index (χ4v) is 4.92. The summed E-state index contributed by atoms with van der Waals surface area (Å²) in [6.45, 7) is 1.56. The lowest BCUT2D eigenvalue weighted by Gasteiger charge is -2.13. The average Bonchev–Trinajstić information content (AvgIpc) is 3.55. The molecule has 10 heteroatoms. The Bertz CT molecular complexity index is 1100. The molecule has 3 aromatic heterocycles. The molecule has 1 saturated heterocycles. The van der Waals surface area contributed by atoms with Crippen LogP contribution in [0.2, 0.25) is 5.02 Å². The molecule has 0 bridgehead atoms. The molecule has 0 N–H and O–H groups in total. The zero-order valence-corrected chi connectivity index (χ0v) is 18.3. The van der Waals surface area contributed by atoms with Gasteiger partial charge < -0.3 is 9.26 Å². The third kappa shape index (κ3) is 4.29. The highest BCUT2D eigenvalue weighted by atomic mass is 35.5. The van der Waals surface area contributed by atoms with E-state index in [1.807, 2.05) is 23.6 Å². The normalized spacial score (nSPS) is 16.4. The molecule has 0 spiro atoms. The predicted molar refractivity (Wildman–Crippen MR) is 117 cm³/mol. The van der Waals surface area contributed by atoms with Crippen LogP contribution in [0.5, 0.6) is 0 Å². The minimum absolute atomic E-state index is 0.193. The van der Waals surface area contributed by atoms with Gasteiger partial charge in [-0.3, -0.25) is 4.57 Å². The molecule has 30 heavy (non-hydrogen) atoms. The van der Waals surface area contributed by atoms with Crippen LogP contribution in [0.4, 0.5) is 0 Å². The van der Waals surface area contributed by atoms with Crippen LogP contribution in [-0.2, 0) is 17.0 Å². The largest absolute Gasteiger partial charge is 0.376 e. The lowest BCUT2D eigenvalue weighted by molar-refractivity contribution is 0.0953. The Labute approximate surface area is 186 Å². The van der Waals surface area contributed by atoms with E-state index in [1.165, 1.54) is 11.8 Å². The van der Waals surface area contributed by atoms with Gasteiger partial charge in [0.15, 0.2) is 11.0 Å². The minimum Gasteiger partial charge on any atom is -0.376 e. The first-order valence-electron chi connectivity index (χ1n) is 9.56. The molecule has 1 aliphatic heterocycles. The second-order valence-corrected chi connectivity index (χ2v) is 9.16. The van der Waals surface area contributed by atoms with Crippen LogP contribution in [0, 0.1) is 0 Å². The van der Waals surface area contributed by atoms with Crippen LogP contribution in [0.15, 0.2) is 51.5 Å². The molecule has 0 aliphatic carbocycles. The highest BCUT2D eigenvalue weighted by Crippen LogP contribution is 2.30. The fourth-order valence-electron chi connectivity index (χ4n) is 3.30. The van der Waals surface area contributed by atoms with E-state index in [0.717, 1.165) is 47.4 Å². The van der Waals surface area contributed by atoms with E-state index in [-0.39, 0.29) is 6.10 Å². The lowest BCUT2D eigenvalue weighted by Crippen LogP contribution is -2.16. The number of nitrogens with zero attached hydrogens (tertiary/aromatic N) is 5. The van der Waals surface area contributed by atoms with Gasteiger partial charge >= 0.3 is 0 Å². The third-order valence-corrected chi connectivity index (χ3v) is 6.83.